The van der Waals surface area contributed by atoms with E-state index in [-0.39, 0.29) is 11.8 Å². The Hall–Kier alpha value is -1.47. The number of amides is 1. The van der Waals surface area contributed by atoms with Crippen LogP contribution in [0.1, 0.15) is 24.1 Å². The fourth-order valence-electron chi connectivity index (χ4n) is 2.39. The van der Waals surface area contributed by atoms with Gasteiger partial charge in [0, 0.05) is 37.4 Å². The average Bonchev–Trinajstić information content (AvgIpc) is 2.45. The van der Waals surface area contributed by atoms with E-state index in [9.17, 15) is 13.2 Å². The van der Waals surface area contributed by atoms with Crippen LogP contribution in [0, 0.1) is 12.8 Å². The lowest BCUT2D eigenvalue weighted by atomic mass is 9.97. The summed E-state index contributed by atoms with van der Waals surface area (Å²) in [5.41, 5.74) is 1.90. The van der Waals surface area contributed by atoms with Crippen molar-refractivity contribution in [2.24, 2.45) is 5.92 Å². The van der Waals surface area contributed by atoms with Gasteiger partial charge in [-0.3, -0.25) is 9.78 Å². The summed E-state index contributed by atoms with van der Waals surface area (Å²) < 4.78 is 24.3. The van der Waals surface area contributed by atoms with Crippen LogP contribution in [0.25, 0.3) is 0 Å². The van der Waals surface area contributed by atoms with Gasteiger partial charge < -0.3 is 5.32 Å². The normalized spacial score (nSPS) is 17.6. The van der Waals surface area contributed by atoms with Gasteiger partial charge in [0.1, 0.15) is 0 Å². The predicted octanol–water partition coefficient (Wildman–Crippen LogP) is 0.678. The van der Waals surface area contributed by atoms with Gasteiger partial charge in [0.25, 0.3) is 0 Å². The number of hydrogen-bond acceptors (Lipinski definition) is 4. The molecule has 1 aromatic heterocycles. The molecule has 0 aromatic carbocycles. The first-order valence-electron chi connectivity index (χ1n) is 7.00. The van der Waals surface area contributed by atoms with Gasteiger partial charge in [-0.1, -0.05) is 6.07 Å². The topological polar surface area (TPSA) is 79.4 Å². The number of nitrogens with zero attached hydrogens (tertiary/aromatic N) is 2. The van der Waals surface area contributed by atoms with Crippen molar-refractivity contribution in [1.29, 1.82) is 0 Å². The van der Waals surface area contributed by atoms with Gasteiger partial charge in [0.15, 0.2) is 0 Å². The van der Waals surface area contributed by atoms with Crippen molar-refractivity contribution in [1.82, 2.24) is 14.6 Å². The van der Waals surface area contributed by atoms with Crippen LogP contribution in [-0.2, 0) is 21.4 Å². The number of aryl methyl sites for hydroxylation is 1. The number of pyridine rings is 1. The van der Waals surface area contributed by atoms with Crippen molar-refractivity contribution in [2.45, 2.75) is 26.3 Å². The van der Waals surface area contributed by atoms with E-state index >= 15 is 0 Å². The third kappa shape index (κ3) is 4.50. The monoisotopic (exact) mass is 311 g/mol. The van der Waals surface area contributed by atoms with Crippen molar-refractivity contribution in [3.05, 3.63) is 29.6 Å². The fraction of sp³-hybridized carbons (Fsp3) is 0.571. The summed E-state index contributed by atoms with van der Waals surface area (Å²) in [4.78, 5) is 16.3. The Morgan fingerprint density at radius 1 is 1.38 bits per heavy atom. The van der Waals surface area contributed by atoms with E-state index in [1.165, 1.54) is 10.6 Å². The van der Waals surface area contributed by atoms with Gasteiger partial charge >= 0.3 is 0 Å². The number of piperidine rings is 1. The molecule has 1 amide bonds. The predicted molar refractivity (Wildman–Crippen MR) is 80.0 cm³/mol. The number of hydrogen-bond donors (Lipinski definition) is 1. The highest BCUT2D eigenvalue weighted by molar-refractivity contribution is 7.88. The van der Waals surface area contributed by atoms with Crippen molar-refractivity contribution >= 4 is 15.9 Å². The van der Waals surface area contributed by atoms with Gasteiger partial charge in [-0.25, -0.2) is 12.7 Å². The Morgan fingerprint density at radius 3 is 2.57 bits per heavy atom. The summed E-state index contributed by atoms with van der Waals surface area (Å²) in [7, 11) is -3.14. The molecule has 1 aromatic rings. The zero-order valence-electron chi connectivity index (χ0n) is 12.4. The lowest BCUT2D eigenvalue weighted by molar-refractivity contribution is -0.126. The lowest BCUT2D eigenvalue weighted by Crippen LogP contribution is -2.42. The van der Waals surface area contributed by atoms with Gasteiger partial charge in [-0.2, -0.15) is 0 Å². The second kappa shape index (κ2) is 6.53. The summed E-state index contributed by atoms with van der Waals surface area (Å²) in [6.07, 6.45) is 4.11. The standard InChI is InChI=1S/C14H21N3O3S/c1-11-3-4-12(9-15-11)10-16-14(18)13-5-7-17(8-6-13)21(2,19)20/h3-4,9,13H,5-8,10H2,1-2H3,(H,16,18). The van der Waals surface area contributed by atoms with Gasteiger partial charge in [-0.15, -0.1) is 0 Å². The van der Waals surface area contributed by atoms with Crippen molar-refractivity contribution in [2.75, 3.05) is 19.3 Å². The first kappa shape index (κ1) is 15.9. The minimum absolute atomic E-state index is 0.0104. The zero-order valence-corrected chi connectivity index (χ0v) is 13.2. The maximum absolute atomic E-state index is 12.1. The van der Waals surface area contributed by atoms with Crippen LogP contribution in [-0.4, -0.2) is 43.0 Å². The van der Waals surface area contributed by atoms with Crippen molar-refractivity contribution in [3.8, 4) is 0 Å². The van der Waals surface area contributed by atoms with Crippen LogP contribution in [0.4, 0.5) is 0 Å². The number of nitrogens with one attached hydrogen (secondary N) is 1. The molecule has 1 fully saturated rings. The molecule has 21 heavy (non-hydrogen) atoms. The van der Waals surface area contributed by atoms with Crippen LogP contribution in [0.5, 0.6) is 0 Å². The lowest BCUT2D eigenvalue weighted by Gasteiger charge is -2.29. The fourth-order valence-corrected chi connectivity index (χ4v) is 3.26. The van der Waals surface area contributed by atoms with E-state index in [2.05, 4.69) is 10.3 Å². The Morgan fingerprint density at radius 2 is 2.05 bits per heavy atom. The minimum Gasteiger partial charge on any atom is -0.352 e. The van der Waals surface area contributed by atoms with Crippen molar-refractivity contribution in [3.63, 3.8) is 0 Å². The molecular formula is C14H21N3O3S. The average molecular weight is 311 g/mol. The molecule has 0 atom stereocenters. The molecular weight excluding hydrogens is 290 g/mol. The number of carbonyl (C=O) groups excluding carboxylic acids is 1. The molecule has 2 rings (SSSR count). The van der Waals surface area contributed by atoms with E-state index in [1.54, 1.807) is 6.20 Å². The molecule has 6 nitrogen and oxygen atoms in total. The molecule has 0 bridgehead atoms. The number of sulfonamides is 1. The largest absolute Gasteiger partial charge is 0.352 e. The molecule has 0 saturated carbocycles. The van der Waals surface area contributed by atoms with Gasteiger partial charge in [-0.05, 0) is 31.4 Å². The maximum atomic E-state index is 12.1. The Balaban J connectivity index is 1.81. The summed E-state index contributed by atoms with van der Waals surface area (Å²) >= 11 is 0. The number of rotatable bonds is 4. The van der Waals surface area contributed by atoms with E-state index in [0.717, 1.165) is 11.3 Å². The quantitative estimate of drug-likeness (QED) is 0.887. The van der Waals surface area contributed by atoms with E-state index in [0.29, 0.717) is 32.5 Å². The molecule has 1 aliphatic heterocycles. The Kier molecular flexibility index (Phi) is 4.95. The third-order valence-electron chi connectivity index (χ3n) is 3.73. The van der Waals surface area contributed by atoms with E-state index in [4.69, 9.17) is 0 Å². The second-order valence-corrected chi connectivity index (χ2v) is 7.44. The Labute approximate surface area is 125 Å². The SMILES string of the molecule is Cc1ccc(CNC(=O)C2CCN(S(C)(=O)=O)CC2)cn1. The molecule has 1 aliphatic rings. The minimum atomic E-state index is -3.14. The maximum Gasteiger partial charge on any atom is 0.223 e. The molecule has 0 radical (unpaired) electrons. The van der Waals surface area contributed by atoms with Crippen LogP contribution in [0.2, 0.25) is 0 Å². The highest BCUT2D eigenvalue weighted by Crippen LogP contribution is 2.19. The van der Waals surface area contributed by atoms with Crippen LogP contribution in [0.3, 0.4) is 0 Å². The molecule has 0 spiro atoms. The summed E-state index contributed by atoms with van der Waals surface area (Å²) in [6.45, 7) is 3.21. The van der Waals surface area contributed by atoms with Crippen LogP contribution < -0.4 is 5.32 Å². The van der Waals surface area contributed by atoms with Gasteiger partial charge in [0.05, 0.1) is 6.26 Å². The zero-order chi connectivity index (χ0) is 15.5. The van der Waals surface area contributed by atoms with E-state index < -0.39 is 10.0 Å². The Bertz CT molecular complexity index is 590. The molecule has 1 saturated heterocycles. The van der Waals surface area contributed by atoms with Gasteiger partial charge in [0.2, 0.25) is 15.9 Å². The highest BCUT2D eigenvalue weighted by atomic mass is 32.2. The van der Waals surface area contributed by atoms with Crippen LogP contribution >= 0.6 is 0 Å². The molecule has 116 valence electrons. The highest BCUT2D eigenvalue weighted by Gasteiger charge is 2.28. The number of carbonyl (C=O) groups is 1. The smallest absolute Gasteiger partial charge is 0.223 e. The third-order valence-corrected chi connectivity index (χ3v) is 5.04. The second-order valence-electron chi connectivity index (χ2n) is 5.46. The summed E-state index contributed by atoms with van der Waals surface area (Å²) in [5.74, 6) is -0.120. The summed E-state index contributed by atoms with van der Waals surface area (Å²) in [5, 5.41) is 2.89. The first-order chi connectivity index (χ1) is 9.86. The molecule has 7 heteroatoms. The van der Waals surface area contributed by atoms with E-state index in [1.807, 2.05) is 19.1 Å². The van der Waals surface area contributed by atoms with Crippen molar-refractivity contribution < 1.29 is 13.2 Å². The van der Waals surface area contributed by atoms with Crippen LogP contribution in [0.15, 0.2) is 18.3 Å². The summed E-state index contributed by atoms with van der Waals surface area (Å²) in [6, 6.07) is 3.85. The first-order valence-corrected chi connectivity index (χ1v) is 8.85. The molecule has 1 N–H and O–H groups in total. The number of aromatic nitrogens is 1. The molecule has 2 heterocycles. The molecule has 0 aliphatic carbocycles. The molecule has 0 unspecified atom stereocenters.